The van der Waals surface area contributed by atoms with E-state index < -0.39 is 35.3 Å². The van der Waals surface area contributed by atoms with E-state index in [9.17, 15) is 18.4 Å². The van der Waals surface area contributed by atoms with E-state index in [0.717, 1.165) is 23.3 Å². The summed E-state index contributed by atoms with van der Waals surface area (Å²) in [7, 11) is 0. The number of hydrogen-bond donors (Lipinski definition) is 1. The van der Waals surface area contributed by atoms with Crippen molar-refractivity contribution in [2.45, 2.75) is 13.0 Å². The standard InChI is InChI=1S/C24H20ClF2NO4/c1-2-31-24(30)32-18-12-10-16(11-13-18)15-6-8-17(9-7-15)21(14-25)28-23(29)22-19(26)4-3-5-20(22)27/h3-13,21H,2,14H2,1H3,(H,28,29). The van der Waals surface area contributed by atoms with Crippen molar-refractivity contribution in [2.24, 2.45) is 0 Å². The summed E-state index contributed by atoms with van der Waals surface area (Å²) in [6.07, 6.45) is -0.769. The quantitative estimate of drug-likeness (QED) is 0.272. The van der Waals surface area contributed by atoms with Crippen LogP contribution in [0.15, 0.2) is 66.7 Å². The van der Waals surface area contributed by atoms with E-state index in [-0.39, 0.29) is 12.5 Å². The minimum absolute atomic E-state index is 0.0149. The van der Waals surface area contributed by atoms with E-state index in [1.807, 2.05) is 12.1 Å². The molecule has 0 saturated heterocycles. The van der Waals surface area contributed by atoms with Crippen LogP contribution in [-0.2, 0) is 4.74 Å². The lowest BCUT2D eigenvalue weighted by molar-refractivity contribution is 0.0931. The maximum atomic E-state index is 13.9. The minimum atomic E-state index is -0.943. The fraction of sp³-hybridized carbons (Fsp3) is 0.167. The van der Waals surface area contributed by atoms with Crippen LogP contribution in [0.4, 0.5) is 13.6 Å². The van der Waals surface area contributed by atoms with Crippen LogP contribution in [0.25, 0.3) is 11.1 Å². The van der Waals surface area contributed by atoms with Crippen LogP contribution in [0.5, 0.6) is 5.75 Å². The molecule has 0 aliphatic heterocycles. The number of alkyl halides is 1. The zero-order chi connectivity index (χ0) is 23.1. The predicted octanol–water partition coefficient (Wildman–Crippen LogP) is 5.88. The first-order valence-corrected chi connectivity index (χ1v) is 10.3. The molecule has 0 radical (unpaired) electrons. The molecule has 1 unspecified atom stereocenters. The molecule has 8 heteroatoms. The van der Waals surface area contributed by atoms with Crippen LogP contribution >= 0.6 is 11.6 Å². The molecule has 0 saturated carbocycles. The first-order valence-electron chi connectivity index (χ1n) is 9.78. The second-order valence-electron chi connectivity index (χ2n) is 6.71. The summed E-state index contributed by atoms with van der Waals surface area (Å²) in [6.45, 7) is 1.91. The number of carbonyl (C=O) groups is 2. The van der Waals surface area contributed by atoms with Crippen molar-refractivity contribution in [3.63, 3.8) is 0 Å². The van der Waals surface area contributed by atoms with Crippen LogP contribution in [0.2, 0.25) is 0 Å². The van der Waals surface area contributed by atoms with E-state index in [1.165, 1.54) is 6.07 Å². The summed E-state index contributed by atoms with van der Waals surface area (Å²) in [5.74, 6) is -2.40. The van der Waals surface area contributed by atoms with Crippen LogP contribution in [0, 0.1) is 11.6 Å². The second-order valence-corrected chi connectivity index (χ2v) is 7.02. The van der Waals surface area contributed by atoms with Crippen LogP contribution < -0.4 is 10.1 Å². The van der Waals surface area contributed by atoms with Gasteiger partial charge in [-0.1, -0.05) is 42.5 Å². The molecule has 3 rings (SSSR count). The number of benzene rings is 3. The lowest BCUT2D eigenvalue weighted by Gasteiger charge is -2.17. The summed E-state index contributed by atoms with van der Waals surface area (Å²) < 4.78 is 37.5. The molecule has 3 aromatic carbocycles. The first-order chi connectivity index (χ1) is 15.4. The van der Waals surface area contributed by atoms with Gasteiger partial charge < -0.3 is 14.8 Å². The van der Waals surface area contributed by atoms with E-state index in [1.54, 1.807) is 43.3 Å². The fourth-order valence-electron chi connectivity index (χ4n) is 3.02. The van der Waals surface area contributed by atoms with Gasteiger partial charge in [-0.15, -0.1) is 11.6 Å². The molecule has 0 fully saturated rings. The molecule has 1 N–H and O–H groups in total. The van der Waals surface area contributed by atoms with Crippen LogP contribution in [-0.4, -0.2) is 24.5 Å². The predicted molar refractivity (Wildman–Crippen MR) is 117 cm³/mol. The average Bonchev–Trinajstić information content (AvgIpc) is 2.78. The Bertz CT molecular complexity index is 1070. The Morgan fingerprint density at radius 3 is 2.03 bits per heavy atom. The first kappa shape index (κ1) is 23.2. The second kappa shape index (κ2) is 10.7. The highest BCUT2D eigenvalue weighted by molar-refractivity contribution is 6.18. The fourth-order valence-corrected chi connectivity index (χ4v) is 3.28. The van der Waals surface area contributed by atoms with Crippen LogP contribution in [0.3, 0.4) is 0 Å². The van der Waals surface area contributed by atoms with E-state index in [2.05, 4.69) is 5.32 Å². The molecule has 5 nitrogen and oxygen atoms in total. The van der Waals surface area contributed by atoms with Crippen molar-refractivity contribution in [1.29, 1.82) is 0 Å². The third-order valence-electron chi connectivity index (χ3n) is 4.61. The average molecular weight is 460 g/mol. The topological polar surface area (TPSA) is 64.6 Å². The Morgan fingerprint density at radius 1 is 0.938 bits per heavy atom. The molecule has 0 aromatic heterocycles. The van der Waals surface area contributed by atoms with Crippen molar-refractivity contribution in [1.82, 2.24) is 5.32 Å². The van der Waals surface area contributed by atoms with Gasteiger partial charge in [-0.25, -0.2) is 13.6 Å². The Hall–Kier alpha value is -3.45. The highest BCUT2D eigenvalue weighted by Crippen LogP contribution is 2.25. The molecule has 0 spiro atoms. The van der Waals surface area contributed by atoms with E-state index >= 15 is 0 Å². The number of rotatable bonds is 7. The van der Waals surface area contributed by atoms with Gasteiger partial charge in [0.2, 0.25) is 0 Å². The number of nitrogens with one attached hydrogen (secondary N) is 1. The number of halogens is 3. The Balaban J connectivity index is 1.71. The van der Waals surface area contributed by atoms with Crippen molar-refractivity contribution >= 4 is 23.7 Å². The Morgan fingerprint density at radius 2 is 1.50 bits per heavy atom. The molecule has 166 valence electrons. The third-order valence-corrected chi connectivity index (χ3v) is 4.92. The molecule has 1 atom stereocenters. The van der Waals surface area contributed by atoms with Gasteiger partial charge in [0.25, 0.3) is 5.91 Å². The molecule has 1 amide bonds. The maximum Gasteiger partial charge on any atom is 0.513 e. The van der Waals surface area contributed by atoms with Crippen LogP contribution in [0.1, 0.15) is 28.9 Å². The normalized spacial score (nSPS) is 11.5. The Kier molecular flexibility index (Phi) is 7.78. The molecular formula is C24H20ClF2NO4. The van der Waals surface area contributed by atoms with Gasteiger partial charge in [-0.05, 0) is 47.9 Å². The molecule has 3 aromatic rings. The van der Waals surface area contributed by atoms with Crippen molar-refractivity contribution < 1.29 is 27.8 Å². The Labute approximate surface area is 188 Å². The molecule has 0 aliphatic rings. The largest absolute Gasteiger partial charge is 0.513 e. The smallest absolute Gasteiger partial charge is 0.434 e. The zero-order valence-corrected chi connectivity index (χ0v) is 17.9. The SMILES string of the molecule is CCOC(=O)Oc1ccc(-c2ccc(C(CCl)NC(=O)c3c(F)cccc3F)cc2)cc1. The summed E-state index contributed by atoms with van der Waals surface area (Å²) in [5, 5.41) is 2.56. The lowest BCUT2D eigenvalue weighted by atomic mass is 10.0. The van der Waals surface area contributed by atoms with Gasteiger partial charge in [-0.3, -0.25) is 4.79 Å². The van der Waals surface area contributed by atoms with E-state index in [0.29, 0.717) is 11.3 Å². The number of amides is 1. The lowest BCUT2D eigenvalue weighted by Crippen LogP contribution is -2.31. The van der Waals surface area contributed by atoms with Crippen molar-refractivity contribution in [3.8, 4) is 16.9 Å². The molecule has 0 heterocycles. The number of carbonyl (C=O) groups excluding carboxylic acids is 2. The van der Waals surface area contributed by atoms with Gasteiger partial charge in [0.15, 0.2) is 0 Å². The highest BCUT2D eigenvalue weighted by atomic mass is 35.5. The minimum Gasteiger partial charge on any atom is -0.434 e. The molecule has 0 aliphatic carbocycles. The van der Waals surface area contributed by atoms with Gasteiger partial charge in [-0.2, -0.15) is 0 Å². The maximum absolute atomic E-state index is 13.9. The van der Waals surface area contributed by atoms with Crippen molar-refractivity contribution in [2.75, 3.05) is 12.5 Å². The molecular weight excluding hydrogens is 440 g/mol. The monoisotopic (exact) mass is 459 g/mol. The highest BCUT2D eigenvalue weighted by Gasteiger charge is 2.21. The summed E-state index contributed by atoms with van der Waals surface area (Å²) in [6, 6.07) is 16.6. The molecule has 0 bridgehead atoms. The summed E-state index contributed by atoms with van der Waals surface area (Å²) in [4.78, 5) is 23.7. The third kappa shape index (κ3) is 5.62. The van der Waals surface area contributed by atoms with Gasteiger partial charge in [0.05, 0.1) is 12.6 Å². The summed E-state index contributed by atoms with van der Waals surface area (Å²) >= 11 is 6.00. The zero-order valence-electron chi connectivity index (χ0n) is 17.1. The number of hydrogen-bond acceptors (Lipinski definition) is 4. The van der Waals surface area contributed by atoms with Gasteiger partial charge in [0.1, 0.15) is 22.9 Å². The molecule has 32 heavy (non-hydrogen) atoms. The van der Waals surface area contributed by atoms with Gasteiger partial charge >= 0.3 is 6.16 Å². The summed E-state index contributed by atoms with van der Waals surface area (Å²) in [5.41, 5.74) is 1.77. The number of ether oxygens (including phenoxy) is 2. The van der Waals surface area contributed by atoms with Gasteiger partial charge in [0, 0.05) is 5.88 Å². The van der Waals surface area contributed by atoms with E-state index in [4.69, 9.17) is 21.1 Å². The van der Waals surface area contributed by atoms with Crippen molar-refractivity contribution in [3.05, 3.63) is 89.5 Å².